The van der Waals surface area contributed by atoms with E-state index < -0.39 is 0 Å². The molecule has 0 saturated carbocycles. The van der Waals surface area contributed by atoms with Crippen LogP contribution in [0.15, 0.2) is 72.8 Å². The number of nitrogens with zero attached hydrogens (tertiary/aromatic N) is 2. The fourth-order valence-electron chi connectivity index (χ4n) is 5.20. The molecule has 3 aromatic carbocycles. The predicted octanol–water partition coefficient (Wildman–Crippen LogP) is 5.87. The molecule has 1 aliphatic rings. The molecule has 0 spiro atoms. The van der Waals surface area contributed by atoms with Crippen LogP contribution in [0.25, 0.3) is 0 Å². The lowest BCUT2D eigenvalue weighted by Crippen LogP contribution is -2.46. The molecular formula is C33H40N2O5. The Bertz CT molecular complexity index is 1260. The maximum Gasteiger partial charge on any atom is 0.257 e. The average Bonchev–Trinajstić information content (AvgIpc) is 3.00. The Labute approximate surface area is 237 Å². The molecule has 1 atom stereocenters. The maximum atomic E-state index is 14.1. The first-order valence-corrected chi connectivity index (χ1v) is 14.1. The van der Waals surface area contributed by atoms with Gasteiger partial charge in [-0.15, -0.1) is 0 Å². The number of benzene rings is 3. The van der Waals surface area contributed by atoms with Crippen LogP contribution in [0.1, 0.15) is 58.9 Å². The van der Waals surface area contributed by atoms with Crippen molar-refractivity contribution in [2.75, 3.05) is 40.5 Å². The van der Waals surface area contributed by atoms with Crippen molar-refractivity contribution >= 4 is 11.8 Å². The third-order valence-electron chi connectivity index (χ3n) is 7.44. The molecule has 0 radical (unpaired) electrons. The molecule has 0 unspecified atom stereocenters. The minimum absolute atomic E-state index is 0.0203. The van der Waals surface area contributed by atoms with Crippen molar-refractivity contribution < 1.29 is 23.8 Å². The highest BCUT2D eigenvalue weighted by molar-refractivity contribution is 5.97. The zero-order valence-corrected chi connectivity index (χ0v) is 23.8. The Morgan fingerprint density at radius 2 is 1.57 bits per heavy atom. The van der Waals surface area contributed by atoms with Gasteiger partial charge in [0.2, 0.25) is 0 Å². The molecule has 2 amide bonds. The highest BCUT2D eigenvalue weighted by Crippen LogP contribution is 2.29. The van der Waals surface area contributed by atoms with Gasteiger partial charge < -0.3 is 24.0 Å². The van der Waals surface area contributed by atoms with Gasteiger partial charge in [-0.3, -0.25) is 9.59 Å². The number of amides is 2. The lowest BCUT2D eigenvalue weighted by molar-refractivity contribution is 0.0597. The fourth-order valence-corrected chi connectivity index (χ4v) is 5.20. The first kappa shape index (κ1) is 29.0. The first-order valence-electron chi connectivity index (χ1n) is 14.1. The van der Waals surface area contributed by atoms with Gasteiger partial charge in [0.05, 0.1) is 25.8 Å². The quantitative estimate of drug-likeness (QED) is 0.388. The lowest BCUT2D eigenvalue weighted by Gasteiger charge is -2.33. The molecule has 7 heteroatoms. The van der Waals surface area contributed by atoms with Crippen molar-refractivity contribution in [2.24, 2.45) is 0 Å². The second kappa shape index (κ2) is 14.4. The van der Waals surface area contributed by atoms with E-state index in [1.54, 1.807) is 32.4 Å². The molecule has 0 aromatic heterocycles. The van der Waals surface area contributed by atoms with E-state index >= 15 is 0 Å². The lowest BCUT2D eigenvalue weighted by atomic mass is 10.0. The Morgan fingerprint density at radius 1 is 0.875 bits per heavy atom. The molecule has 0 bridgehead atoms. The van der Waals surface area contributed by atoms with Crippen molar-refractivity contribution in [3.05, 3.63) is 89.5 Å². The minimum atomic E-state index is -0.253. The molecule has 0 saturated heterocycles. The third-order valence-corrected chi connectivity index (χ3v) is 7.44. The summed E-state index contributed by atoms with van der Waals surface area (Å²) in [5, 5.41) is 0. The molecule has 1 aliphatic heterocycles. The van der Waals surface area contributed by atoms with Crippen LogP contribution < -0.4 is 14.2 Å². The smallest absolute Gasteiger partial charge is 0.257 e. The summed E-state index contributed by atoms with van der Waals surface area (Å²) in [5.41, 5.74) is 2.20. The average molecular weight is 545 g/mol. The van der Waals surface area contributed by atoms with Gasteiger partial charge in [-0.05, 0) is 62.1 Å². The highest BCUT2D eigenvalue weighted by Gasteiger charge is 2.28. The molecular weight excluding hydrogens is 504 g/mol. The van der Waals surface area contributed by atoms with Crippen LogP contribution >= 0.6 is 0 Å². The summed E-state index contributed by atoms with van der Waals surface area (Å²) in [4.78, 5) is 31.4. The summed E-state index contributed by atoms with van der Waals surface area (Å²) < 4.78 is 17.3. The van der Waals surface area contributed by atoms with E-state index in [0.717, 1.165) is 31.2 Å². The van der Waals surface area contributed by atoms with Crippen LogP contribution in [0.3, 0.4) is 0 Å². The van der Waals surface area contributed by atoms with Gasteiger partial charge in [0, 0.05) is 25.2 Å². The molecule has 7 nitrogen and oxygen atoms in total. The SMILES string of the molecule is CCN1CCCCCCN(C(=O)c2ccc(OC)c(OC)c2)[C@H](Cc2ccccc2)COc2ccccc2C1=O. The Morgan fingerprint density at radius 3 is 2.30 bits per heavy atom. The number of methoxy groups -OCH3 is 2. The van der Waals surface area contributed by atoms with Crippen LogP contribution in [0, 0.1) is 0 Å². The number of para-hydroxylation sites is 1. The number of carbonyl (C=O) groups is 2. The van der Waals surface area contributed by atoms with Crippen LogP contribution in [-0.2, 0) is 6.42 Å². The number of hydrogen-bond acceptors (Lipinski definition) is 5. The molecule has 0 aliphatic carbocycles. The first-order chi connectivity index (χ1) is 19.5. The summed E-state index contributed by atoms with van der Waals surface area (Å²) >= 11 is 0. The third kappa shape index (κ3) is 7.14. The summed E-state index contributed by atoms with van der Waals surface area (Å²) in [6.07, 6.45) is 4.36. The topological polar surface area (TPSA) is 68.3 Å². The fraction of sp³-hybridized carbons (Fsp3) is 0.394. The van der Waals surface area contributed by atoms with Gasteiger partial charge in [-0.1, -0.05) is 55.3 Å². The van der Waals surface area contributed by atoms with Gasteiger partial charge in [0.25, 0.3) is 11.8 Å². The molecule has 0 fully saturated rings. The van der Waals surface area contributed by atoms with Crippen LogP contribution in [0.2, 0.25) is 0 Å². The number of fused-ring (bicyclic) bond motifs is 1. The van der Waals surface area contributed by atoms with Crippen molar-refractivity contribution in [2.45, 2.75) is 45.1 Å². The number of hydrogen-bond donors (Lipinski definition) is 0. The van der Waals surface area contributed by atoms with Gasteiger partial charge in [-0.25, -0.2) is 0 Å². The van der Waals surface area contributed by atoms with Crippen molar-refractivity contribution in [1.29, 1.82) is 0 Å². The van der Waals surface area contributed by atoms with E-state index in [4.69, 9.17) is 14.2 Å². The van der Waals surface area contributed by atoms with Crippen molar-refractivity contribution in [3.8, 4) is 17.2 Å². The van der Waals surface area contributed by atoms with E-state index in [1.807, 2.05) is 59.2 Å². The zero-order chi connectivity index (χ0) is 28.3. The van der Waals surface area contributed by atoms with Gasteiger partial charge in [-0.2, -0.15) is 0 Å². The summed E-state index contributed by atoms with van der Waals surface area (Å²) in [6, 6.07) is 22.6. The summed E-state index contributed by atoms with van der Waals surface area (Å²) in [5.74, 6) is 1.53. The predicted molar refractivity (Wildman–Crippen MR) is 156 cm³/mol. The molecule has 0 N–H and O–H groups in total. The minimum Gasteiger partial charge on any atom is -0.493 e. The van der Waals surface area contributed by atoms with Crippen LogP contribution in [0.5, 0.6) is 17.2 Å². The summed E-state index contributed by atoms with van der Waals surface area (Å²) in [6.45, 7) is 4.22. The van der Waals surface area contributed by atoms with Gasteiger partial charge in [0.15, 0.2) is 11.5 Å². The molecule has 40 heavy (non-hydrogen) atoms. The molecule has 1 heterocycles. The van der Waals surface area contributed by atoms with E-state index in [9.17, 15) is 9.59 Å². The second-order valence-corrected chi connectivity index (χ2v) is 10.0. The van der Waals surface area contributed by atoms with Crippen molar-refractivity contribution in [1.82, 2.24) is 9.80 Å². The van der Waals surface area contributed by atoms with Crippen LogP contribution in [0.4, 0.5) is 0 Å². The van der Waals surface area contributed by atoms with Gasteiger partial charge in [0.1, 0.15) is 12.4 Å². The molecule has 212 valence electrons. The normalized spacial score (nSPS) is 16.9. The number of carbonyl (C=O) groups excluding carboxylic acids is 2. The Balaban J connectivity index is 1.71. The molecule has 3 aromatic rings. The van der Waals surface area contributed by atoms with E-state index in [2.05, 4.69) is 12.1 Å². The molecule has 4 rings (SSSR count). The zero-order valence-electron chi connectivity index (χ0n) is 23.8. The van der Waals surface area contributed by atoms with Crippen LogP contribution in [-0.4, -0.2) is 68.1 Å². The maximum absolute atomic E-state index is 14.1. The number of ether oxygens (including phenoxy) is 3. The monoisotopic (exact) mass is 544 g/mol. The standard InChI is InChI=1S/C33H40N2O5/c1-4-34-20-12-5-6-13-21-35(32(36)26-18-19-30(38-2)31(23-26)39-3)27(22-25-14-8-7-9-15-25)24-40-29-17-11-10-16-28(29)33(34)37/h7-11,14-19,23,27H,4-6,12-13,20-22,24H2,1-3H3/t27-/m1/s1. The van der Waals surface area contributed by atoms with E-state index in [0.29, 0.717) is 54.4 Å². The summed E-state index contributed by atoms with van der Waals surface area (Å²) in [7, 11) is 3.15. The van der Waals surface area contributed by atoms with Crippen molar-refractivity contribution in [3.63, 3.8) is 0 Å². The Kier molecular flexibility index (Phi) is 10.4. The number of rotatable bonds is 6. The second-order valence-electron chi connectivity index (χ2n) is 10.0. The van der Waals surface area contributed by atoms with Gasteiger partial charge >= 0.3 is 0 Å². The highest BCUT2D eigenvalue weighted by atomic mass is 16.5. The van der Waals surface area contributed by atoms with E-state index in [1.165, 1.54) is 0 Å². The largest absolute Gasteiger partial charge is 0.493 e. The van der Waals surface area contributed by atoms with E-state index in [-0.39, 0.29) is 24.5 Å². The Hall–Kier alpha value is -4.00.